The number of hydrogen-bond donors (Lipinski definition) is 1. The second-order valence-electron chi connectivity index (χ2n) is 5.30. The van der Waals surface area contributed by atoms with Gasteiger partial charge in [-0.05, 0) is 50.3 Å². The minimum atomic E-state index is 0.459. The van der Waals surface area contributed by atoms with Crippen LogP contribution < -0.4 is 10.5 Å². The van der Waals surface area contributed by atoms with E-state index in [0.717, 1.165) is 36.2 Å². The van der Waals surface area contributed by atoms with Gasteiger partial charge in [0.2, 0.25) is 0 Å². The Labute approximate surface area is 112 Å². The molecule has 2 aromatic rings. The summed E-state index contributed by atoms with van der Waals surface area (Å²) in [5.41, 5.74) is 7.74. The average molecular weight is 260 g/mol. The van der Waals surface area contributed by atoms with Crippen LogP contribution in [0.3, 0.4) is 0 Å². The predicted octanol–water partition coefficient (Wildman–Crippen LogP) is 2.13. The third-order valence-corrected chi connectivity index (χ3v) is 4.17. The van der Waals surface area contributed by atoms with Crippen molar-refractivity contribution >= 4 is 11.0 Å². The molecule has 3 rings (SSSR count). The molecule has 1 heterocycles. The van der Waals surface area contributed by atoms with E-state index in [2.05, 4.69) is 15.0 Å². The fourth-order valence-corrected chi connectivity index (χ4v) is 2.94. The van der Waals surface area contributed by atoms with Crippen LogP contribution in [-0.4, -0.2) is 28.6 Å². The highest BCUT2D eigenvalue weighted by molar-refractivity contribution is 5.76. The molecule has 5 heteroatoms. The van der Waals surface area contributed by atoms with E-state index in [4.69, 9.17) is 10.5 Å². The van der Waals surface area contributed by atoms with Crippen molar-refractivity contribution in [3.05, 3.63) is 18.2 Å². The lowest BCUT2D eigenvalue weighted by Gasteiger charge is -2.27. The van der Waals surface area contributed by atoms with Gasteiger partial charge in [-0.1, -0.05) is 5.21 Å². The Hall–Kier alpha value is -1.62. The fourth-order valence-electron chi connectivity index (χ4n) is 2.94. The molecule has 1 aromatic carbocycles. The van der Waals surface area contributed by atoms with Gasteiger partial charge < -0.3 is 10.5 Å². The summed E-state index contributed by atoms with van der Waals surface area (Å²) in [6.07, 6.45) is 4.68. The van der Waals surface area contributed by atoms with Gasteiger partial charge in [-0.3, -0.25) is 0 Å². The number of benzene rings is 1. The van der Waals surface area contributed by atoms with E-state index in [1.54, 1.807) is 7.11 Å². The summed E-state index contributed by atoms with van der Waals surface area (Å²) in [5.74, 6) is 1.51. The number of aromatic nitrogens is 3. The Morgan fingerprint density at radius 1 is 1.32 bits per heavy atom. The lowest BCUT2D eigenvalue weighted by atomic mass is 9.86. The van der Waals surface area contributed by atoms with Crippen LogP contribution in [0.15, 0.2) is 18.2 Å². The molecule has 1 saturated carbocycles. The SMILES string of the molecule is COc1ccc2c(c1)nnn2C1CCC(CN)CC1. The van der Waals surface area contributed by atoms with Crippen LogP contribution in [-0.2, 0) is 0 Å². The van der Waals surface area contributed by atoms with E-state index in [1.165, 1.54) is 12.8 Å². The van der Waals surface area contributed by atoms with Crippen molar-refractivity contribution in [2.24, 2.45) is 11.7 Å². The number of nitrogens with two attached hydrogens (primary N) is 1. The Morgan fingerprint density at radius 3 is 2.79 bits per heavy atom. The second-order valence-corrected chi connectivity index (χ2v) is 5.30. The number of fused-ring (bicyclic) bond motifs is 1. The summed E-state index contributed by atoms with van der Waals surface area (Å²) in [5, 5.41) is 8.58. The third-order valence-electron chi connectivity index (χ3n) is 4.17. The summed E-state index contributed by atoms with van der Waals surface area (Å²) in [4.78, 5) is 0. The van der Waals surface area contributed by atoms with Crippen LogP contribution in [0.2, 0.25) is 0 Å². The first-order valence-corrected chi connectivity index (χ1v) is 6.91. The van der Waals surface area contributed by atoms with Gasteiger partial charge in [-0.25, -0.2) is 4.68 Å². The highest BCUT2D eigenvalue weighted by atomic mass is 16.5. The van der Waals surface area contributed by atoms with Gasteiger partial charge in [0.15, 0.2) is 0 Å². The average Bonchev–Trinajstić information content (AvgIpc) is 2.90. The minimum absolute atomic E-state index is 0.459. The first-order chi connectivity index (χ1) is 9.31. The topological polar surface area (TPSA) is 66.0 Å². The molecule has 1 aliphatic carbocycles. The molecular formula is C14H20N4O. The Morgan fingerprint density at radius 2 is 2.11 bits per heavy atom. The largest absolute Gasteiger partial charge is 0.497 e. The van der Waals surface area contributed by atoms with E-state index in [1.807, 2.05) is 18.2 Å². The maximum absolute atomic E-state index is 5.74. The molecule has 5 nitrogen and oxygen atoms in total. The monoisotopic (exact) mass is 260 g/mol. The zero-order valence-electron chi connectivity index (χ0n) is 11.2. The van der Waals surface area contributed by atoms with E-state index in [9.17, 15) is 0 Å². The molecule has 2 N–H and O–H groups in total. The van der Waals surface area contributed by atoms with Crippen molar-refractivity contribution in [1.29, 1.82) is 0 Å². The zero-order chi connectivity index (χ0) is 13.2. The van der Waals surface area contributed by atoms with E-state index in [-0.39, 0.29) is 0 Å². The molecule has 0 unspecified atom stereocenters. The molecule has 0 bridgehead atoms. The maximum Gasteiger partial charge on any atom is 0.121 e. The number of methoxy groups -OCH3 is 1. The predicted molar refractivity (Wildman–Crippen MR) is 74.1 cm³/mol. The summed E-state index contributed by atoms with van der Waals surface area (Å²) in [6.45, 7) is 0.808. The lowest BCUT2D eigenvalue weighted by molar-refractivity contribution is 0.267. The minimum Gasteiger partial charge on any atom is -0.497 e. The van der Waals surface area contributed by atoms with E-state index >= 15 is 0 Å². The van der Waals surface area contributed by atoms with Crippen LogP contribution in [0, 0.1) is 5.92 Å². The first kappa shape index (κ1) is 12.4. The van der Waals surface area contributed by atoms with Gasteiger partial charge in [-0.2, -0.15) is 0 Å². The van der Waals surface area contributed by atoms with E-state index in [0.29, 0.717) is 12.0 Å². The normalized spacial score (nSPS) is 23.7. The van der Waals surface area contributed by atoms with Crippen molar-refractivity contribution in [2.45, 2.75) is 31.7 Å². The molecule has 0 spiro atoms. The summed E-state index contributed by atoms with van der Waals surface area (Å²) in [6, 6.07) is 6.41. The van der Waals surface area contributed by atoms with Crippen molar-refractivity contribution in [3.8, 4) is 5.75 Å². The quantitative estimate of drug-likeness (QED) is 0.918. The van der Waals surface area contributed by atoms with Crippen molar-refractivity contribution in [2.75, 3.05) is 13.7 Å². The van der Waals surface area contributed by atoms with Gasteiger partial charge in [0.25, 0.3) is 0 Å². The molecule has 1 aliphatic rings. The summed E-state index contributed by atoms with van der Waals surface area (Å²) in [7, 11) is 1.67. The number of ether oxygens (including phenoxy) is 1. The van der Waals surface area contributed by atoms with Crippen molar-refractivity contribution in [1.82, 2.24) is 15.0 Å². The van der Waals surface area contributed by atoms with Crippen LogP contribution in [0.1, 0.15) is 31.7 Å². The Kier molecular flexibility index (Phi) is 3.38. The van der Waals surface area contributed by atoms with Crippen LogP contribution >= 0.6 is 0 Å². The highest BCUT2D eigenvalue weighted by Crippen LogP contribution is 2.33. The van der Waals surface area contributed by atoms with Gasteiger partial charge in [0.1, 0.15) is 11.3 Å². The molecule has 0 atom stereocenters. The van der Waals surface area contributed by atoms with Crippen molar-refractivity contribution < 1.29 is 4.74 Å². The fraction of sp³-hybridized carbons (Fsp3) is 0.571. The molecule has 0 saturated heterocycles. The Bertz CT molecular complexity index is 558. The molecule has 1 aromatic heterocycles. The number of rotatable bonds is 3. The molecule has 0 radical (unpaired) electrons. The van der Waals surface area contributed by atoms with Gasteiger partial charge in [0.05, 0.1) is 18.7 Å². The number of nitrogens with zero attached hydrogens (tertiary/aromatic N) is 3. The van der Waals surface area contributed by atoms with Crippen LogP contribution in [0.25, 0.3) is 11.0 Å². The van der Waals surface area contributed by atoms with Gasteiger partial charge in [-0.15, -0.1) is 5.10 Å². The highest BCUT2D eigenvalue weighted by Gasteiger charge is 2.23. The third kappa shape index (κ3) is 2.30. The molecule has 1 fully saturated rings. The van der Waals surface area contributed by atoms with Crippen LogP contribution in [0.4, 0.5) is 0 Å². The Balaban J connectivity index is 1.85. The van der Waals surface area contributed by atoms with Gasteiger partial charge >= 0.3 is 0 Å². The molecule has 0 aliphatic heterocycles. The van der Waals surface area contributed by atoms with E-state index < -0.39 is 0 Å². The van der Waals surface area contributed by atoms with Gasteiger partial charge in [0, 0.05) is 6.07 Å². The molecule has 0 amide bonds. The standard InChI is InChI=1S/C14H20N4O/c1-19-12-6-7-14-13(8-12)16-17-18(14)11-4-2-10(9-15)3-5-11/h6-8,10-11H,2-5,9,15H2,1H3. The smallest absolute Gasteiger partial charge is 0.121 e. The number of hydrogen-bond acceptors (Lipinski definition) is 4. The molecule has 102 valence electrons. The first-order valence-electron chi connectivity index (χ1n) is 6.91. The lowest BCUT2D eigenvalue weighted by Crippen LogP contribution is -2.23. The molecular weight excluding hydrogens is 240 g/mol. The van der Waals surface area contributed by atoms with Crippen LogP contribution in [0.5, 0.6) is 5.75 Å². The van der Waals surface area contributed by atoms with Crippen molar-refractivity contribution in [3.63, 3.8) is 0 Å². The molecule has 19 heavy (non-hydrogen) atoms. The summed E-state index contributed by atoms with van der Waals surface area (Å²) >= 11 is 0. The second kappa shape index (κ2) is 5.17. The maximum atomic E-state index is 5.74. The zero-order valence-corrected chi connectivity index (χ0v) is 11.2. The summed E-state index contributed by atoms with van der Waals surface area (Å²) < 4.78 is 7.29.